The SMILES string of the molecule is CCNC(=O)CN1CCN(C(=O)CC(N)C(C)(C)C)CC1. The van der Waals surface area contributed by atoms with Crippen LogP contribution in [-0.4, -0.2) is 66.9 Å². The maximum absolute atomic E-state index is 12.2. The van der Waals surface area contributed by atoms with Gasteiger partial charge in [0, 0.05) is 45.2 Å². The number of nitrogens with two attached hydrogens (primary N) is 1. The van der Waals surface area contributed by atoms with Crippen molar-refractivity contribution in [3.63, 3.8) is 0 Å². The van der Waals surface area contributed by atoms with Crippen LogP contribution in [0.15, 0.2) is 0 Å². The molecule has 3 N–H and O–H groups in total. The van der Waals surface area contributed by atoms with Gasteiger partial charge in [-0.3, -0.25) is 14.5 Å². The molecule has 21 heavy (non-hydrogen) atoms. The van der Waals surface area contributed by atoms with Crippen LogP contribution in [0.25, 0.3) is 0 Å². The summed E-state index contributed by atoms with van der Waals surface area (Å²) in [5.74, 6) is 0.169. The van der Waals surface area contributed by atoms with Crippen LogP contribution in [0.2, 0.25) is 0 Å². The monoisotopic (exact) mass is 298 g/mol. The van der Waals surface area contributed by atoms with Crippen molar-refractivity contribution in [3.05, 3.63) is 0 Å². The molecular weight excluding hydrogens is 268 g/mol. The number of nitrogens with one attached hydrogen (secondary N) is 1. The van der Waals surface area contributed by atoms with E-state index in [9.17, 15) is 9.59 Å². The molecule has 0 aromatic carbocycles. The lowest BCUT2D eigenvalue weighted by Crippen LogP contribution is -2.52. The van der Waals surface area contributed by atoms with E-state index >= 15 is 0 Å². The summed E-state index contributed by atoms with van der Waals surface area (Å²) in [6.07, 6.45) is 0.389. The van der Waals surface area contributed by atoms with Crippen molar-refractivity contribution in [2.75, 3.05) is 39.3 Å². The number of carbonyl (C=O) groups is 2. The van der Waals surface area contributed by atoms with Crippen molar-refractivity contribution in [2.45, 2.75) is 40.2 Å². The summed E-state index contributed by atoms with van der Waals surface area (Å²) in [4.78, 5) is 27.7. The minimum Gasteiger partial charge on any atom is -0.355 e. The Morgan fingerprint density at radius 2 is 1.76 bits per heavy atom. The molecule has 1 atom stereocenters. The summed E-state index contributed by atoms with van der Waals surface area (Å²) in [7, 11) is 0. The maximum atomic E-state index is 12.2. The average molecular weight is 298 g/mol. The van der Waals surface area contributed by atoms with E-state index in [1.807, 2.05) is 11.8 Å². The van der Waals surface area contributed by atoms with Crippen molar-refractivity contribution < 1.29 is 9.59 Å². The van der Waals surface area contributed by atoms with Gasteiger partial charge in [0.1, 0.15) is 0 Å². The molecule has 1 fully saturated rings. The largest absolute Gasteiger partial charge is 0.355 e. The fourth-order valence-corrected chi connectivity index (χ4v) is 2.23. The Morgan fingerprint density at radius 3 is 2.24 bits per heavy atom. The second-order valence-electron chi connectivity index (χ2n) is 6.79. The third-order valence-corrected chi connectivity index (χ3v) is 3.97. The van der Waals surface area contributed by atoms with Gasteiger partial charge in [0.05, 0.1) is 6.54 Å². The molecule has 0 radical (unpaired) electrons. The minimum atomic E-state index is -0.127. The average Bonchev–Trinajstić information content (AvgIpc) is 2.38. The molecule has 1 saturated heterocycles. The van der Waals surface area contributed by atoms with E-state index in [4.69, 9.17) is 5.73 Å². The highest BCUT2D eigenvalue weighted by Crippen LogP contribution is 2.20. The molecule has 1 rings (SSSR count). The molecule has 1 aliphatic rings. The molecule has 0 spiro atoms. The van der Waals surface area contributed by atoms with Crippen LogP contribution in [0.4, 0.5) is 0 Å². The molecule has 1 heterocycles. The fourth-order valence-electron chi connectivity index (χ4n) is 2.23. The van der Waals surface area contributed by atoms with Gasteiger partial charge in [-0.2, -0.15) is 0 Å². The number of rotatable bonds is 5. The number of hydrogen-bond acceptors (Lipinski definition) is 4. The van der Waals surface area contributed by atoms with Crippen LogP contribution < -0.4 is 11.1 Å². The second-order valence-corrected chi connectivity index (χ2v) is 6.79. The van der Waals surface area contributed by atoms with Crippen LogP contribution in [0.1, 0.15) is 34.1 Å². The highest BCUT2D eigenvalue weighted by molar-refractivity contribution is 5.78. The van der Waals surface area contributed by atoms with Crippen molar-refractivity contribution in [1.29, 1.82) is 0 Å². The summed E-state index contributed by atoms with van der Waals surface area (Å²) in [6, 6.07) is -0.127. The van der Waals surface area contributed by atoms with Gasteiger partial charge in [0.25, 0.3) is 0 Å². The van der Waals surface area contributed by atoms with Gasteiger partial charge in [0.15, 0.2) is 0 Å². The molecule has 6 nitrogen and oxygen atoms in total. The zero-order valence-corrected chi connectivity index (χ0v) is 13.8. The van der Waals surface area contributed by atoms with E-state index in [0.717, 1.165) is 13.1 Å². The number of likely N-dealkylation sites (N-methyl/N-ethyl adjacent to an activating group) is 1. The van der Waals surface area contributed by atoms with Gasteiger partial charge in [-0.25, -0.2) is 0 Å². The number of nitrogens with zero attached hydrogens (tertiary/aromatic N) is 2. The van der Waals surface area contributed by atoms with Gasteiger partial charge in [-0.15, -0.1) is 0 Å². The standard InChI is InChI=1S/C15H30N4O2/c1-5-17-13(20)11-18-6-8-19(9-7-18)14(21)10-12(16)15(2,3)4/h12H,5-11,16H2,1-4H3,(H,17,20). The van der Waals surface area contributed by atoms with Crippen molar-refractivity contribution in [3.8, 4) is 0 Å². The minimum absolute atomic E-state index is 0.0482. The Labute approximate surface area is 128 Å². The van der Waals surface area contributed by atoms with Gasteiger partial charge in [-0.05, 0) is 12.3 Å². The van der Waals surface area contributed by atoms with Crippen molar-refractivity contribution >= 4 is 11.8 Å². The Morgan fingerprint density at radius 1 is 1.19 bits per heavy atom. The van der Waals surface area contributed by atoms with Crippen molar-refractivity contribution in [2.24, 2.45) is 11.1 Å². The first-order chi connectivity index (χ1) is 9.74. The normalized spacial score (nSPS) is 18.4. The lowest BCUT2D eigenvalue weighted by atomic mass is 9.85. The zero-order chi connectivity index (χ0) is 16.0. The first-order valence-corrected chi connectivity index (χ1v) is 7.76. The van der Waals surface area contributed by atoms with Crippen LogP contribution in [-0.2, 0) is 9.59 Å². The Balaban J connectivity index is 2.35. The van der Waals surface area contributed by atoms with Gasteiger partial charge < -0.3 is 16.0 Å². The highest BCUT2D eigenvalue weighted by atomic mass is 16.2. The summed E-state index contributed by atoms with van der Waals surface area (Å²) >= 11 is 0. The molecule has 2 amide bonds. The van der Waals surface area contributed by atoms with E-state index in [-0.39, 0.29) is 23.3 Å². The number of hydrogen-bond donors (Lipinski definition) is 2. The summed E-state index contributed by atoms with van der Waals surface area (Å²) in [6.45, 7) is 12.0. The Kier molecular flexibility index (Phi) is 6.61. The number of carbonyl (C=O) groups excluding carboxylic acids is 2. The predicted octanol–water partition coefficient (Wildman–Crippen LogP) is 0.0302. The smallest absolute Gasteiger partial charge is 0.234 e. The molecule has 122 valence electrons. The van der Waals surface area contributed by atoms with Gasteiger partial charge in [-0.1, -0.05) is 20.8 Å². The first-order valence-electron chi connectivity index (χ1n) is 7.76. The van der Waals surface area contributed by atoms with E-state index in [1.165, 1.54) is 0 Å². The van der Waals surface area contributed by atoms with E-state index in [1.54, 1.807) is 0 Å². The van der Waals surface area contributed by atoms with Gasteiger partial charge >= 0.3 is 0 Å². The van der Waals surface area contributed by atoms with E-state index < -0.39 is 0 Å². The molecule has 1 aliphatic heterocycles. The molecule has 1 unspecified atom stereocenters. The molecule has 0 aromatic heterocycles. The molecule has 0 aliphatic carbocycles. The van der Waals surface area contributed by atoms with E-state index in [0.29, 0.717) is 32.6 Å². The molecule has 0 aromatic rings. The number of piperazine rings is 1. The summed E-state index contributed by atoms with van der Waals surface area (Å²) in [5, 5.41) is 2.79. The second kappa shape index (κ2) is 7.75. The van der Waals surface area contributed by atoms with Crippen LogP contribution >= 0.6 is 0 Å². The van der Waals surface area contributed by atoms with Crippen LogP contribution in [0.3, 0.4) is 0 Å². The van der Waals surface area contributed by atoms with Gasteiger partial charge in [0.2, 0.25) is 11.8 Å². The Hall–Kier alpha value is -1.14. The topological polar surface area (TPSA) is 78.7 Å². The predicted molar refractivity (Wildman–Crippen MR) is 83.8 cm³/mol. The highest BCUT2D eigenvalue weighted by Gasteiger charge is 2.27. The van der Waals surface area contributed by atoms with E-state index in [2.05, 4.69) is 31.0 Å². The lowest BCUT2D eigenvalue weighted by Gasteiger charge is -2.36. The van der Waals surface area contributed by atoms with Crippen molar-refractivity contribution in [1.82, 2.24) is 15.1 Å². The molecular formula is C15H30N4O2. The third kappa shape index (κ3) is 6.01. The number of amides is 2. The zero-order valence-electron chi connectivity index (χ0n) is 13.8. The molecule has 0 saturated carbocycles. The first kappa shape index (κ1) is 17.9. The molecule has 6 heteroatoms. The maximum Gasteiger partial charge on any atom is 0.234 e. The summed E-state index contributed by atoms with van der Waals surface area (Å²) in [5.41, 5.74) is 6.01. The molecule has 0 bridgehead atoms. The van der Waals surface area contributed by atoms with Crippen LogP contribution in [0, 0.1) is 5.41 Å². The third-order valence-electron chi connectivity index (χ3n) is 3.97. The quantitative estimate of drug-likeness (QED) is 0.750. The fraction of sp³-hybridized carbons (Fsp3) is 0.867. The Bertz CT molecular complexity index is 357. The lowest BCUT2D eigenvalue weighted by molar-refractivity contribution is -0.134. The summed E-state index contributed by atoms with van der Waals surface area (Å²) < 4.78 is 0. The van der Waals surface area contributed by atoms with Crippen LogP contribution in [0.5, 0.6) is 0 Å².